The summed E-state index contributed by atoms with van der Waals surface area (Å²) in [5.41, 5.74) is 1.07. The van der Waals surface area contributed by atoms with E-state index in [1.165, 1.54) is 25.7 Å². The van der Waals surface area contributed by atoms with Crippen molar-refractivity contribution < 1.29 is 14.2 Å². The SMILES string of the molecule is CN=C(NCCc1ccc(OC)c(OC)c1OC)NC1CCCC1.I. The van der Waals surface area contributed by atoms with Crippen molar-refractivity contribution >= 4 is 29.9 Å². The molecule has 0 unspecified atom stereocenters. The molecule has 1 fully saturated rings. The van der Waals surface area contributed by atoms with Crippen LogP contribution in [0, 0.1) is 0 Å². The molecule has 0 amide bonds. The van der Waals surface area contributed by atoms with Gasteiger partial charge in [-0.25, -0.2) is 0 Å². The number of hydrogen-bond acceptors (Lipinski definition) is 4. The number of halogens is 1. The van der Waals surface area contributed by atoms with Gasteiger partial charge in [0.15, 0.2) is 17.5 Å². The van der Waals surface area contributed by atoms with Crippen LogP contribution in [-0.2, 0) is 6.42 Å². The third-order valence-corrected chi connectivity index (χ3v) is 4.39. The van der Waals surface area contributed by atoms with Crippen LogP contribution in [0.25, 0.3) is 0 Å². The van der Waals surface area contributed by atoms with E-state index in [4.69, 9.17) is 14.2 Å². The molecule has 0 heterocycles. The Morgan fingerprint density at radius 2 is 1.76 bits per heavy atom. The van der Waals surface area contributed by atoms with E-state index in [9.17, 15) is 0 Å². The van der Waals surface area contributed by atoms with E-state index in [1.54, 1.807) is 28.4 Å². The number of aliphatic imine (C=N–C) groups is 1. The first kappa shape index (κ1) is 21.7. The summed E-state index contributed by atoms with van der Waals surface area (Å²) in [5, 5.41) is 6.86. The van der Waals surface area contributed by atoms with E-state index in [0.29, 0.717) is 17.5 Å². The molecule has 0 radical (unpaired) electrons. The lowest BCUT2D eigenvalue weighted by Gasteiger charge is -2.18. The zero-order valence-corrected chi connectivity index (χ0v) is 17.9. The predicted molar refractivity (Wildman–Crippen MR) is 112 cm³/mol. The molecule has 1 aliphatic carbocycles. The Balaban J connectivity index is 0.00000312. The smallest absolute Gasteiger partial charge is 0.203 e. The highest BCUT2D eigenvalue weighted by molar-refractivity contribution is 14.0. The van der Waals surface area contributed by atoms with E-state index in [-0.39, 0.29) is 24.0 Å². The molecule has 1 aliphatic rings. The van der Waals surface area contributed by atoms with Crippen molar-refractivity contribution in [2.24, 2.45) is 4.99 Å². The van der Waals surface area contributed by atoms with Gasteiger partial charge < -0.3 is 24.8 Å². The number of methoxy groups -OCH3 is 3. The summed E-state index contributed by atoms with van der Waals surface area (Å²) in [7, 11) is 6.70. The molecule has 0 saturated heterocycles. The molecule has 0 aromatic heterocycles. The number of nitrogens with zero attached hydrogens (tertiary/aromatic N) is 1. The van der Waals surface area contributed by atoms with Gasteiger partial charge in [-0.15, -0.1) is 24.0 Å². The van der Waals surface area contributed by atoms with Crippen LogP contribution in [0.4, 0.5) is 0 Å². The van der Waals surface area contributed by atoms with Crippen LogP contribution in [0.1, 0.15) is 31.2 Å². The van der Waals surface area contributed by atoms with Crippen LogP contribution in [0.5, 0.6) is 17.2 Å². The Morgan fingerprint density at radius 1 is 1.08 bits per heavy atom. The Labute approximate surface area is 167 Å². The third-order valence-electron chi connectivity index (χ3n) is 4.39. The quantitative estimate of drug-likeness (QED) is 0.370. The minimum Gasteiger partial charge on any atom is -0.493 e. The van der Waals surface area contributed by atoms with Crippen molar-refractivity contribution in [2.75, 3.05) is 34.9 Å². The molecule has 0 atom stereocenters. The summed E-state index contributed by atoms with van der Waals surface area (Å²) in [4.78, 5) is 4.30. The lowest BCUT2D eigenvalue weighted by molar-refractivity contribution is 0.322. The number of guanidine groups is 1. The van der Waals surface area contributed by atoms with Gasteiger partial charge in [-0.3, -0.25) is 4.99 Å². The number of nitrogens with one attached hydrogen (secondary N) is 2. The maximum absolute atomic E-state index is 5.52. The van der Waals surface area contributed by atoms with Crippen LogP contribution in [0.2, 0.25) is 0 Å². The van der Waals surface area contributed by atoms with Crippen molar-refractivity contribution in [1.82, 2.24) is 10.6 Å². The lowest BCUT2D eigenvalue weighted by atomic mass is 10.1. The molecule has 2 N–H and O–H groups in total. The maximum Gasteiger partial charge on any atom is 0.203 e. The molecule has 25 heavy (non-hydrogen) atoms. The summed E-state index contributed by atoms with van der Waals surface area (Å²) < 4.78 is 16.3. The van der Waals surface area contributed by atoms with Gasteiger partial charge in [0.25, 0.3) is 0 Å². The highest BCUT2D eigenvalue weighted by Gasteiger charge is 2.17. The summed E-state index contributed by atoms with van der Waals surface area (Å²) in [6.45, 7) is 0.762. The number of ether oxygens (including phenoxy) is 3. The Morgan fingerprint density at radius 3 is 2.32 bits per heavy atom. The summed E-state index contributed by atoms with van der Waals surface area (Å²) >= 11 is 0. The van der Waals surface area contributed by atoms with Crippen LogP contribution in [-0.4, -0.2) is 46.9 Å². The van der Waals surface area contributed by atoms with Crippen molar-refractivity contribution in [3.8, 4) is 17.2 Å². The molecule has 1 aromatic rings. The molecular weight excluding hydrogens is 433 g/mol. The number of rotatable bonds is 7. The monoisotopic (exact) mass is 463 g/mol. The van der Waals surface area contributed by atoms with Crippen molar-refractivity contribution in [3.05, 3.63) is 17.7 Å². The summed E-state index contributed by atoms with van der Waals surface area (Å²) in [6, 6.07) is 4.46. The fourth-order valence-corrected chi connectivity index (χ4v) is 3.13. The minimum atomic E-state index is 0. The molecule has 0 bridgehead atoms. The maximum atomic E-state index is 5.52. The molecule has 6 nitrogen and oxygen atoms in total. The van der Waals surface area contributed by atoms with Gasteiger partial charge in [-0.2, -0.15) is 0 Å². The first-order valence-corrected chi connectivity index (χ1v) is 8.48. The van der Waals surface area contributed by atoms with Crippen LogP contribution >= 0.6 is 24.0 Å². The van der Waals surface area contributed by atoms with E-state index < -0.39 is 0 Å². The molecule has 7 heteroatoms. The number of benzene rings is 1. The highest BCUT2D eigenvalue weighted by atomic mass is 127. The average molecular weight is 463 g/mol. The second kappa shape index (κ2) is 11.3. The van der Waals surface area contributed by atoms with E-state index >= 15 is 0 Å². The molecule has 0 spiro atoms. The third kappa shape index (κ3) is 5.83. The van der Waals surface area contributed by atoms with Crippen molar-refractivity contribution in [2.45, 2.75) is 38.1 Å². The van der Waals surface area contributed by atoms with Crippen molar-refractivity contribution in [1.29, 1.82) is 0 Å². The summed E-state index contributed by atoms with van der Waals surface area (Å²) in [5.74, 6) is 2.88. The highest BCUT2D eigenvalue weighted by Crippen LogP contribution is 2.39. The molecule has 1 saturated carbocycles. The van der Waals surface area contributed by atoms with Crippen LogP contribution in [0.3, 0.4) is 0 Å². The van der Waals surface area contributed by atoms with Crippen LogP contribution < -0.4 is 24.8 Å². The first-order valence-electron chi connectivity index (χ1n) is 8.48. The average Bonchev–Trinajstić information content (AvgIpc) is 3.13. The second-order valence-electron chi connectivity index (χ2n) is 5.87. The standard InChI is InChI=1S/C18H29N3O3.HI/c1-19-18(21-14-7-5-6-8-14)20-12-11-13-9-10-15(22-2)17(24-4)16(13)23-3;/h9-10,14H,5-8,11-12H2,1-4H3,(H2,19,20,21);1H. The van der Waals surface area contributed by atoms with Crippen molar-refractivity contribution in [3.63, 3.8) is 0 Å². The molecule has 2 rings (SSSR count). The van der Waals surface area contributed by atoms with E-state index in [1.807, 2.05) is 12.1 Å². The molecule has 0 aliphatic heterocycles. The van der Waals surface area contributed by atoms with Gasteiger partial charge in [0.2, 0.25) is 5.75 Å². The zero-order valence-electron chi connectivity index (χ0n) is 15.6. The van der Waals surface area contributed by atoms with Gasteiger partial charge in [0, 0.05) is 25.2 Å². The molecular formula is C18H30IN3O3. The minimum absolute atomic E-state index is 0. The molecule has 142 valence electrons. The summed E-state index contributed by atoms with van der Waals surface area (Å²) in [6.07, 6.45) is 5.86. The fraction of sp³-hybridized carbons (Fsp3) is 0.611. The predicted octanol–water partition coefficient (Wildman–Crippen LogP) is 2.98. The largest absolute Gasteiger partial charge is 0.493 e. The Kier molecular flexibility index (Phi) is 9.77. The normalized spacial score (nSPS) is 14.6. The zero-order chi connectivity index (χ0) is 17.4. The van der Waals surface area contributed by atoms with E-state index in [2.05, 4.69) is 15.6 Å². The van der Waals surface area contributed by atoms with Gasteiger partial charge >= 0.3 is 0 Å². The lowest BCUT2D eigenvalue weighted by Crippen LogP contribution is -2.43. The topological polar surface area (TPSA) is 64.1 Å². The fourth-order valence-electron chi connectivity index (χ4n) is 3.13. The van der Waals surface area contributed by atoms with Gasteiger partial charge in [-0.1, -0.05) is 18.9 Å². The van der Waals surface area contributed by atoms with Gasteiger partial charge in [-0.05, 0) is 25.3 Å². The van der Waals surface area contributed by atoms with Gasteiger partial charge in [0.1, 0.15) is 0 Å². The van der Waals surface area contributed by atoms with Gasteiger partial charge in [0.05, 0.1) is 21.3 Å². The number of hydrogen-bond donors (Lipinski definition) is 2. The van der Waals surface area contributed by atoms with E-state index in [0.717, 1.165) is 30.2 Å². The first-order chi connectivity index (χ1) is 11.7. The Hall–Kier alpha value is -1.38. The second-order valence-corrected chi connectivity index (χ2v) is 5.87. The Bertz CT molecular complexity index is 561. The van der Waals surface area contributed by atoms with Crippen LogP contribution in [0.15, 0.2) is 17.1 Å². The molecule has 1 aromatic carbocycles.